The molecule has 5 aromatic rings. The third-order valence-corrected chi connectivity index (χ3v) is 5.83. The summed E-state index contributed by atoms with van der Waals surface area (Å²) >= 11 is 0. The minimum atomic E-state index is 0.0723. The van der Waals surface area contributed by atoms with E-state index in [1.807, 2.05) is 76.3 Å². The molecule has 1 aliphatic heterocycles. The lowest BCUT2D eigenvalue weighted by atomic mass is 10.0. The van der Waals surface area contributed by atoms with Crippen molar-refractivity contribution in [3.63, 3.8) is 0 Å². The quantitative estimate of drug-likeness (QED) is 0.451. The number of imidazole rings is 1. The zero-order valence-corrected chi connectivity index (χ0v) is 16.8. The molecular formula is C25H19N5O. The van der Waals surface area contributed by atoms with Crippen molar-refractivity contribution in [2.24, 2.45) is 0 Å². The molecule has 0 atom stereocenters. The van der Waals surface area contributed by atoms with E-state index in [9.17, 15) is 4.79 Å². The van der Waals surface area contributed by atoms with Crippen LogP contribution in [0, 0.1) is 0 Å². The average Bonchev–Trinajstić information content (AvgIpc) is 3.38. The van der Waals surface area contributed by atoms with Crippen LogP contribution >= 0.6 is 0 Å². The Morgan fingerprint density at radius 2 is 1.81 bits per heavy atom. The molecule has 6 rings (SSSR count). The summed E-state index contributed by atoms with van der Waals surface area (Å²) in [6.45, 7) is 1.21. The van der Waals surface area contributed by atoms with Gasteiger partial charge in [-0.25, -0.2) is 4.98 Å². The highest BCUT2D eigenvalue weighted by Crippen LogP contribution is 2.32. The maximum Gasteiger partial charge on any atom is 0.254 e. The Labute approximate surface area is 178 Å². The third-order valence-electron chi connectivity index (χ3n) is 5.83. The van der Waals surface area contributed by atoms with E-state index in [0.717, 1.165) is 44.8 Å². The van der Waals surface area contributed by atoms with E-state index >= 15 is 0 Å². The summed E-state index contributed by atoms with van der Waals surface area (Å²) in [6.07, 6.45) is 6.47. The van der Waals surface area contributed by atoms with Gasteiger partial charge in [0.1, 0.15) is 5.65 Å². The first-order valence-electron chi connectivity index (χ1n) is 10.3. The number of benzene rings is 1. The van der Waals surface area contributed by atoms with E-state index in [1.165, 1.54) is 0 Å². The molecule has 5 heterocycles. The summed E-state index contributed by atoms with van der Waals surface area (Å²) in [7, 11) is 0. The Bertz CT molecular complexity index is 1420. The van der Waals surface area contributed by atoms with Gasteiger partial charge in [0.15, 0.2) is 0 Å². The highest BCUT2D eigenvalue weighted by molar-refractivity contribution is 6.00. The van der Waals surface area contributed by atoms with Gasteiger partial charge in [0.05, 0.1) is 16.7 Å². The molecule has 31 heavy (non-hydrogen) atoms. The molecule has 1 amide bonds. The second-order valence-electron chi connectivity index (χ2n) is 7.74. The number of nitrogens with zero attached hydrogens (tertiary/aromatic N) is 5. The van der Waals surface area contributed by atoms with E-state index in [-0.39, 0.29) is 5.91 Å². The number of amides is 1. The smallest absolute Gasteiger partial charge is 0.254 e. The number of pyridine rings is 3. The van der Waals surface area contributed by atoms with E-state index in [4.69, 9.17) is 4.98 Å². The number of carbonyl (C=O) groups excluding carboxylic acids is 1. The van der Waals surface area contributed by atoms with Crippen LogP contribution in [-0.2, 0) is 13.0 Å². The zero-order chi connectivity index (χ0) is 20.8. The normalized spacial score (nSPS) is 13.3. The third kappa shape index (κ3) is 3.04. The summed E-state index contributed by atoms with van der Waals surface area (Å²) in [5, 5.41) is 0. The topological polar surface area (TPSA) is 63.4 Å². The first-order chi connectivity index (χ1) is 15.3. The first-order valence-corrected chi connectivity index (χ1v) is 10.3. The standard InChI is InChI=1S/C25H19N5O/c31-25-19-6-3-5-18(23-16-29-13-2-1-8-24(29)28-23)20(19)15-30(25)14-11-17-9-10-21-22(27-17)7-4-12-26-21/h1-10,12-13,16H,11,14-15H2. The predicted molar refractivity (Wildman–Crippen MR) is 119 cm³/mol. The second-order valence-corrected chi connectivity index (χ2v) is 7.74. The molecule has 0 unspecified atom stereocenters. The minimum Gasteiger partial charge on any atom is -0.334 e. The summed E-state index contributed by atoms with van der Waals surface area (Å²) in [6, 6.07) is 19.7. The van der Waals surface area contributed by atoms with Gasteiger partial charge >= 0.3 is 0 Å². The molecule has 4 aromatic heterocycles. The Morgan fingerprint density at radius 1 is 0.871 bits per heavy atom. The van der Waals surface area contributed by atoms with Crippen molar-refractivity contribution in [3.8, 4) is 11.3 Å². The van der Waals surface area contributed by atoms with Crippen molar-refractivity contribution in [1.82, 2.24) is 24.3 Å². The van der Waals surface area contributed by atoms with Crippen molar-refractivity contribution in [3.05, 3.63) is 96.1 Å². The second kappa shape index (κ2) is 7.02. The first kappa shape index (κ1) is 17.8. The van der Waals surface area contributed by atoms with Gasteiger partial charge in [-0.05, 0) is 48.0 Å². The van der Waals surface area contributed by atoms with Crippen LogP contribution in [0.4, 0.5) is 0 Å². The van der Waals surface area contributed by atoms with Gasteiger partial charge in [-0.2, -0.15) is 0 Å². The van der Waals surface area contributed by atoms with E-state index in [2.05, 4.69) is 16.0 Å². The molecule has 6 heteroatoms. The fourth-order valence-electron chi connectivity index (χ4n) is 4.26. The van der Waals surface area contributed by atoms with Crippen LogP contribution in [0.25, 0.3) is 27.9 Å². The van der Waals surface area contributed by atoms with Crippen LogP contribution in [0.2, 0.25) is 0 Å². The molecule has 0 fully saturated rings. The lowest BCUT2D eigenvalue weighted by Gasteiger charge is -2.15. The molecule has 0 spiro atoms. The van der Waals surface area contributed by atoms with Gasteiger partial charge < -0.3 is 9.30 Å². The van der Waals surface area contributed by atoms with Crippen LogP contribution in [0.15, 0.2) is 79.3 Å². The summed E-state index contributed by atoms with van der Waals surface area (Å²) < 4.78 is 2.00. The van der Waals surface area contributed by atoms with Crippen LogP contribution < -0.4 is 0 Å². The van der Waals surface area contributed by atoms with Crippen LogP contribution in [0.1, 0.15) is 21.6 Å². The molecule has 0 N–H and O–H groups in total. The number of fused-ring (bicyclic) bond motifs is 3. The fraction of sp³-hybridized carbons (Fsp3) is 0.120. The van der Waals surface area contributed by atoms with Gasteiger partial charge in [0.2, 0.25) is 0 Å². The summed E-state index contributed by atoms with van der Waals surface area (Å²) in [5.74, 6) is 0.0723. The molecule has 1 aromatic carbocycles. The molecule has 6 nitrogen and oxygen atoms in total. The lowest BCUT2D eigenvalue weighted by molar-refractivity contribution is 0.0780. The Morgan fingerprint density at radius 3 is 2.74 bits per heavy atom. The van der Waals surface area contributed by atoms with Crippen molar-refractivity contribution in [2.75, 3.05) is 6.54 Å². The van der Waals surface area contributed by atoms with E-state index < -0.39 is 0 Å². The molecule has 0 saturated heterocycles. The van der Waals surface area contributed by atoms with Gasteiger partial charge in [-0.1, -0.05) is 18.2 Å². The molecule has 150 valence electrons. The molecule has 0 bridgehead atoms. The maximum atomic E-state index is 13.1. The van der Waals surface area contributed by atoms with Gasteiger partial charge in [0, 0.05) is 54.9 Å². The number of carbonyl (C=O) groups is 1. The van der Waals surface area contributed by atoms with Crippen LogP contribution in [0.5, 0.6) is 0 Å². The molecule has 1 aliphatic rings. The maximum absolute atomic E-state index is 13.1. The van der Waals surface area contributed by atoms with Crippen LogP contribution in [0.3, 0.4) is 0 Å². The fourth-order valence-corrected chi connectivity index (χ4v) is 4.26. The molecule has 0 saturated carbocycles. The lowest BCUT2D eigenvalue weighted by Crippen LogP contribution is -2.26. The van der Waals surface area contributed by atoms with Crippen molar-refractivity contribution in [2.45, 2.75) is 13.0 Å². The summed E-state index contributed by atoms with van der Waals surface area (Å²) in [4.78, 5) is 28.7. The number of rotatable bonds is 4. The van der Waals surface area contributed by atoms with Crippen molar-refractivity contribution < 1.29 is 4.79 Å². The monoisotopic (exact) mass is 405 g/mol. The number of hydrogen-bond donors (Lipinski definition) is 0. The van der Waals surface area contributed by atoms with Crippen LogP contribution in [-0.4, -0.2) is 36.7 Å². The summed E-state index contributed by atoms with van der Waals surface area (Å²) in [5.41, 5.74) is 7.35. The number of hydrogen-bond acceptors (Lipinski definition) is 4. The Balaban J connectivity index is 1.27. The van der Waals surface area contributed by atoms with E-state index in [0.29, 0.717) is 19.5 Å². The van der Waals surface area contributed by atoms with Crippen molar-refractivity contribution >= 4 is 22.6 Å². The SMILES string of the molecule is O=C1c2cccc(-c3cn4ccccc4n3)c2CN1CCc1ccc2ncccc2n1. The van der Waals surface area contributed by atoms with Gasteiger partial charge in [-0.15, -0.1) is 0 Å². The minimum absolute atomic E-state index is 0.0723. The molecule has 0 aliphatic carbocycles. The highest BCUT2D eigenvalue weighted by atomic mass is 16.2. The van der Waals surface area contributed by atoms with Gasteiger partial charge in [-0.3, -0.25) is 14.8 Å². The van der Waals surface area contributed by atoms with E-state index in [1.54, 1.807) is 6.20 Å². The average molecular weight is 405 g/mol. The Kier molecular flexibility index (Phi) is 4.02. The predicted octanol–water partition coefficient (Wildman–Crippen LogP) is 4.14. The molecule has 0 radical (unpaired) electrons. The largest absolute Gasteiger partial charge is 0.334 e. The van der Waals surface area contributed by atoms with Gasteiger partial charge in [0.25, 0.3) is 5.91 Å². The molecular weight excluding hydrogens is 386 g/mol. The van der Waals surface area contributed by atoms with Crippen molar-refractivity contribution in [1.29, 1.82) is 0 Å². The number of aromatic nitrogens is 4. The highest BCUT2D eigenvalue weighted by Gasteiger charge is 2.29. The Hall–Kier alpha value is -4.06. The zero-order valence-electron chi connectivity index (χ0n) is 16.8.